The van der Waals surface area contributed by atoms with Gasteiger partial charge in [0, 0.05) is 25.3 Å². The van der Waals surface area contributed by atoms with Gasteiger partial charge >= 0.3 is 0 Å². The van der Waals surface area contributed by atoms with Crippen molar-refractivity contribution in [3.63, 3.8) is 0 Å². The molecule has 1 aliphatic carbocycles. The SMILES string of the molecule is C=C/C(=C\CNCC1CCCC1)C(=C)NCCN1CCC(CCc2ccccc2)CC1. The molecule has 0 radical (unpaired) electrons. The van der Waals surface area contributed by atoms with Crippen molar-refractivity contribution < 1.29 is 0 Å². The predicted molar refractivity (Wildman–Crippen MR) is 134 cm³/mol. The Balaban J connectivity index is 1.26. The Kier molecular flexibility index (Phi) is 10.4. The molecule has 3 nitrogen and oxygen atoms in total. The molecule has 1 saturated heterocycles. The minimum Gasteiger partial charge on any atom is -0.384 e. The first kappa shape index (κ1) is 23.8. The van der Waals surface area contributed by atoms with Gasteiger partial charge in [-0.2, -0.15) is 0 Å². The summed E-state index contributed by atoms with van der Waals surface area (Å²) in [7, 11) is 0. The van der Waals surface area contributed by atoms with E-state index >= 15 is 0 Å². The highest BCUT2D eigenvalue weighted by molar-refractivity contribution is 5.35. The summed E-state index contributed by atoms with van der Waals surface area (Å²) in [6, 6.07) is 10.9. The lowest BCUT2D eigenvalue weighted by Crippen LogP contribution is -2.38. The smallest absolute Gasteiger partial charge is 0.0338 e. The second-order valence-electron chi connectivity index (χ2n) is 9.39. The maximum atomic E-state index is 4.23. The third-order valence-electron chi connectivity index (χ3n) is 7.10. The van der Waals surface area contributed by atoms with Gasteiger partial charge in [0.15, 0.2) is 0 Å². The zero-order valence-electron chi connectivity index (χ0n) is 19.5. The van der Waals surface area contributed by atoms with Gasteiger partial charge in [0.2, 0.25) is 0 Å². The van der Waals surface area contributed by atoms with E-state index in [1.807, 2.05) is 6.08 Å². The molecule has 0 unspecified atom stereocenters. The lowest BCUT2D eigenvalue weighted by molar-refractivity contribution is 0.181. The minimum absolute atomic E-state index is 0.879. The van der Waals surface area contributed by atoms with Crippen molar-refractivity contribution in [3.8, 4) is 0 Å². The largest absolute Gasteiger partial charge is 0.384 e. The van der Waals surface area contributed by atoms with Crippen LogP contribution in [0.25, 0.3) is 0 Å². The fourth-order valence-corrected chi connectivity index (χ4v) is 4.99. The summed E-state index contributed by atoms with van der Waals surface area (Å²) < 4.78 is 0. The molecule has 2 N–H and O–H groups in total. The van der Waals surface area contributed by atoms with Crippen molar-refractivity contribution in [2.75, 3.05) is 39.3 Å². The zero-order valence-corrected chi connectivity index (χ0v) is 19.5. The molecule has 31 heavy (non-hydrogen) atoms. The average Bonchev–Trinajstić information content (AvgIpc) is 3.33. The van der Waals surface area contributed by atoms with Gasteiger partial charge in [-0.1, -0.05) is 68.5 Å². The predicted octanol–water partition coefficient (Wildman–Crippen LogP) is 5.33. The van der Waals surface area contributed by atoms with Crippen LogP contribution in [-0.2, 0) is 6.42 Å². The number of rotatable bonds is 13. The Morgan fingerprint density at radius 2 is 1.77 bits per heavy atom. The van der Waals surface area contributed by atoms with Crippen LogP contribution < -0.4 is 10.6 Å². The lowest BCUT2D eigenvalue weighted by Gasteiger charge is -2.32. The Labute approximate surface area is 190 Å². The van der Waals surface area contributed by atoms with Crippen LogP contribution in [-0.4, -0.2) is 44.2 Å². The topological polar surface area (TPSA) is 27.3 Å². The van der Waals surface area contributed by atoms with Gasteiger partial charge in [0.1, 0.15) is 0 Å². The number of nitrogens with one attached hydrogen (secondary N) is 2. The average molecular weight is 422 g/mol. The highest BCUT2D eigenvalue weighted by Gasteiger charge is 2.18. The van der Waals surface area contributed by atoms with Crippen molar-refractivity contribution >= 4 is 0 Å². The molecule has 1 aromatic rings. The number of likely N-dealkylation sites (tertiary alicyclic amines) is 1. The second-order valence-corrected chi connectivity index (χ2v) is 9.39. The summed E-state index contributed by atoms with van der Waals surface area (Å²) in [5.74, 6) is 1.76. The first-order valence-electron chi connectivity index (χ1n) is 12.5. The van der Waals surface area contributed by atoms with E-state index in [2.05, 4.69) is 65.1 Å². The normalized spacial score (nSPS) is 18.9. The maximum Gasteiger partial charge on any atom is 0.0338 e. The molecule has 0 bridgehead atoms. The number of piperidine rings is 1. The molecule has 3 heteroatoms. The number of hydrogen-bond acceptors (Lipinski definition) is 3. The summed E-state index contributed by atoms with van der Waals surface area (Å²) in [5.41, 5.74) is 3.60. The Hall–Kier alpha value is -1.84. The molecule has 1 aromatic carbocycles. The number of aryl methyl sites for hydroxylation is 1. The van der Waals surface area contributed by atoms with Crippen molar-refractivity contribution in [2.24, 2.45) is 11.8 Å². The van der Waals surface area contributed by atoms with Crippen LogP contribution >= 0.6 is 0 Å². The lowest BCUT2D eigenvalue weighted by atomic mass is 9.90. The van der Waals surface area contributed by atoms with Crippen LogP contribution in [0.4, 0.5) is 0 Å². The van der Waals surface area contributed by atoms with E-state index in [1.54, 1.807) is 0 Å². The van der Waals surface area contributed by atoms with E-state index in [-0.39, 0.29) is 0 Å². The molecular weight excluding hydrogens is 378 g/mol. The zero-order chi connectivity index (χ0) is 21.7. The molecule has 1 heterocycles. The van der Waals surface area contributed by atoms with E-state index in [0.717, 1.165) is 49.3 Å². The molecule has 1 saturated carbocycles. The van der Waals surface area contributed by atoms with Crippen molar-refractivity contribution in [1.29, 1.82) is 0 Å². The first-order chi connectivity index (χ1) is 15.2. The fraction of sp³-hybridized carbons (Fsp3) is 0.571. The maximum absolute atomic E-state index is 4.23. The van der Waals surface area contributed by atoms with Gasteiger partial charge in [-0.25, -0.2) is 0 Å². The van der Waals surface area contributed by atoms with E-state index in [1.165, 1.54) is 70.0 Å². The van der Waals surface area contributed by atoms with E-state index < -0.39 is 0 Å². The van der Waals surface area contributed by atoms with Crippen LogP contribution in [0.3, 0.4) is 0 Å². The third kappa shape index (κ3) is 8.66. The Bertz CT molecular complexity index is 679. The van der Waals surface area contributed by atoms with Crippen LogP contribution in [0.15, 0.2) is 66.9 Å². The molecule has 0 aromatic heterocycles. The number of benzene rings is 1. The van der Waals surface area contributed by atoms with Crippen molar-refractivity contribution in [2.45, 2.75) is 51.4 Å². The van der Waals surface area contributed by atoms with Crippen LogP contribution in [0.2, 0.25) is 0 Å². The van der Waals surface area contributed by atoms with E-state index in [9.17, 15) is 0 Å². The number of hydrogen-bond donors (Lipinski definition) is 2. The standard InChI is InChI=1S/C28H43N3/c1-3-28(15-18-29-23-27-11-7-8-12-27)24(2)30-19-22-31-20-16-26(17-21-31)14-13-25-9-5-4-6-10-25/h3-6,9-10,15,26-27,29-30H,1-2,7-8,11-14,16-23H2/b28-15+. The van der Waals surface area contributed by atoms with Gasteiger partial charge in [-0.05, 0) is 81.1 Å². The summed E-state index contributed by atoms with van der Waals surface area (Å²) >= 11 is 0. The number of allylic oxidation sites excluding steroid dienone is 1. The van der Waals surface area contributed by atoms with Gasteiger partial charge in [0.25, 0.3) is 0 Å². The molecule has 0 atom stereocenters. The summed E-state index contributed by atoms with van der Waals surface area (Å²) in [4.78, 5) is 2.60. The first-order valence-corrected chi connectivity index (χ1v) is 12.5. The van der Waals surface area contributed by atoms with E-state index in [0.29, 0.717) is 0 Å². The van der Waals surface area contributed by atoms with E-state index in [4.69, 9.17) is 0 Å². The monoisotopic (exact) mass is 421 g/mol. The highest BCUT2D eigenvalue weighted by atomic mass is 15.1. The van der Waals surface area contributed by atoms with Crippen LogP contribution in [0.1, 0.15) is 50.5 Å². The Morgan fingerprint density at radius 3 is 2.48 bits per heavy atom. The van der Waals surface area contributed by atoms with Gasteiger partial charge < -0.3 is 15.5 Å². The second kappa shape index (κ2) is 13.5. The number of nitrogens with zero attached hydrogens (tertiary/aromatic N) is 1. The van der Waals surface area contributed by atoms with Crippen molar-refractivity contribution in [3.05, 3.63) is 72.5 Å². The van der Waals surface area contributed by atoms with Gasteiger partial charge in [-0.3, -0.25) is 0 Å². The molecule has 2 fully saturated rings. The molecule has 3 rings (SSSR count). The summed E-state index contributed by atoms with van der Waals surface area (Å²) in [6.45, 7) is 14.7. The summed E-state index contributed by atoms with van der Waals surface area (Å²) in [6.07, 6.45) is 15.0. The molecule has 170 valence electrons. The van der Waals surface area contributed by atoms with Crippen LogP contribution in [0, 0.1) is 11.8 Å². The highest BCUT2D eigenvalue weighted by Crippen LogP contribution is 2.24. The quantitative estimate of drug-likeness (QED) is 0.333. The molecule has 0 amide bonds. The third-order valence-corrected chi connectivity index (χ3v) is 7.10. The van der Waals surface area contributed by atoms with Gasteiger partial charge in [-0.15, -0.1) is 0 Å². The molecule has 0 spiro atoms. The summed E-state index contributed by atoms with van der Waals surface area (Å²) in [5, 5.41) is 7.10. The fourth-order valence-electron chi connectivity index (χ4n) is 4.99. The Morgan fingerprint density at radius 1 is 1.03 bits per heavy atom. The molecule has 2 aliphatic rings. The molecular formula is C28H43N3. The minimum atomic E-state index is 0.879. The van der Waals surface area contributed by atoms with Crippen molar-refractivity contribution in [1.82, 2.24) is 15.5 Å². The van der Waals surface area contributed by atoms with Gasteiger partial charge in [0.05, 0.1) is 0 Å². The molecule has 1 aliphatic heterocycles. The van der Waals surface area contributed by atoms with Crippen LogP contribution in [0.5, 0.6) is 0 Å².